The smallest absolute Gasteiger partial charge is 0.241 e. The highest BCUT2D eigenvalue weighted by atomic mass is 19.1. The van der Waals surface area contributed by atoms with Crippen LogP contribution in [0.25, 0.3) is 0 Å². The molecule has 8 heteroatoms. The fraction of sp³-hybridized carbons (Fsp3) is 0.381. The maximum absolute atomic E-state index is 13.6. The number of amides is 1. The van der Waals surface area contributed by atoms with E-state index in [1.54, 1.807) is 43.4 Å². The van der Waals surface area contributed by atoms with Gasteiger partial charge in [-0.3, -0.25) is 14.8 Å². The molecule has 0 fully saturated rings. The lowest BCUT2D eigenvalue weighted by atomic mass is 10.2. The van der Waals surface area contributed by atoms with Crippen molar-refractivity contribution < 1.29 is 13.9 Å². The molecule has 0 saturated carbocycles. The second-order valence-electron chi connectivity index (χ2n) is 6.55. The van der Waals surface area contributed by atoms with E-state index in [-0.39, 0.29) is 24.3 Å². The average Bonchev–Trinajstić information content (AvgIpc) is 2.74. The van der Waals surface area contributed by atoms with E-state index in [1.807, 2.05) is 25.1 Å². The molecule has 1 heterocycles. The molecule has 1 atom stereocenters. The van der Waals surface area contributed by atoms with E-state index < -0.39 is 5.82 Å². The Morgan fingerprint density at radius 2 is 2.00 bits per heavy atom. The highest BCUT2D eigenvalue weighted by Gasteiger charge is 2.12. The van der Waals surface area contributed by atoms with E-state index in [4.69, 9.17) is 4.74 Å². The molecule has 7 nitrogen and oxygen atoms in total. The van der Waals surface area contributed by atoms with Crippen LogP contribution in [-0.4, -0.2) is 61.6 Å². The number of aromatic nitrogens is 1. The maximum Gasteiger partial charge on any atom is 0.241 e. The Hall–Kier alpha value is -3.16. The third-order valence-corrected chi connectivity index (χ3v) is 4.21. The predicted molar refractivity (Wildman–Crippen MR) is 111 cm³/mol. The molecule has 0 radical (unpaired) electrons. The van der Waals surface area contributed by atoms with Crippen LogP contribution in [0.3, 0.4) is 0 Å². The number of likely N-dealkylation sites (N-methyl/N-ethyl adjacent to an activating group) is 1. The van der Waals surface area contributed by atoms with Crippen LogP contribution in [0, 0.1) is 5.82 Å². The number of aliphatic imine (C=N–C) groups is 1. The van der Waals surface area contributed by atoms with Gasteiger partial charge < -0.3 is 20.3 Å². The van der Waals surface area contributed by atoms with Crippen LogP contribution >= 0.6 is 0 Å². The van der Waals surface area contributed by atoms with Gasteiger partial charge >= 0.3 is 0 Å². The van der Waals surface area contributed by atoms with Gasteiger partial charge in [0.05, 0.1) is 13.1 Å². The van der Waals surface area contributed by atoms with Crippen LogP contribution in [0.15, 0.2) is 53.7 Å². The van der Waals surface area contributed by atoms with Crippen molar-refractivity contribution in [2.24, 2.45) is 4.99 Å². The van der Waals surface area contributed by atoms with Crippen LogP contribution in [0.1, 0.15) is 12.6 Å². The highest BCUT2D eigenvalue weighted by Crippen LogP contribution is 2.16. The van der Waals surface area contributed by atoms with Gasteiger partial charge in [0.1, 0.15) is 6.10 Å². The zero-order valence-electron chi connectivity index (χ0n) is 17.1. The zero-order chi connectivity index (χ0) is 21.1. The molecule has 2 aromatic rings. The second-order valence-corrected chi connectivity index (χ2v) is 6.55. The summed E-state index contributed by atoms with van der Waals surface area (Å²) in [5, 5.41) is 6.05. The molecule has 0 aliphatic rings. The van der Waals surface area contributed by atoms with Crippen molar-refractivity contribution >= 4 is 11.9 Å². The number of nitrogens with one attached hydrogen (secondary N) is 2. The number of rotatable bonds is 9. The first-order chi connectivity index (χ1) is 14.0. The first kappa shape index (κ1) is 22.1. The minimum atomic E-state index is -0.402. The fourth-order valence-electron chi connectivity index (χ4n) is 2.51. The molecule has 2 N–H and O–H groups in total. The van der Waals surface area contributed by atoms with Crippen LogP contribution < -0.4 is 15.4 Å². The molecule has 0 aliphatic carbocycles. The van der Waals surface area contributed by atoms with Gasteiger partial charge in [0.25, 0.3) is 0 Å². The van der Waals surface area contributed by atoms with Gasteiger partial charge in [0.2, 0.25) is 5.91 Å². The van der Waals surface area contributed by atoms with E-state index in [0.29, 0.717) is 25.5 Å². The molecule has 1 aromatic heterocycles. The summed E-state index contributed by atoms with van der Waals surface area (Å²) in [5.41, 5.74) is 0.946. The van der Waals surface area contributed by atoms with Gasteiger partial charge in [-0.2, -0.15) is 0 Å². The Labute approximate surface area is 171 Å². The monoisotopic (exact) mass is 401 g/mol. The Morgan fingerprint density at radius 3 is 2.69 bits per heavy atom. The fourth-order valence-corrected chi connectivity index (χ4v) is 2.51. The van der Waals surface area contributed by atoms with Crippen molar-refractivity contribution in [1.29, 1.82) is 0 Å². The van der Waals surface area contributed by atoms with Crippen molar-refractivity contribution in [2.75, 3.05) is 33.7 Å². The summed E-state index contributed by atoms with van der Waals surface area (Å²) in [6.45, 7) is 2.92. The Morgan fingerprint density at radius 1 is 1.24 bits per heavy atom. The number of para-hydroxylation sites is 1. The van der Waals surface area contributed by atoms with Crippen molar-refractivity contribution in [3.63, 3.8) is 0 Å². The van der Waals surface area contributed by atoms with E-state index in [2.05, 4.69) is 20.6 Å². The molecule has 29 heavy (non-hydrogen) atoms. The predicted octanol–water partition coefficient (Wildman–Crippen LogP) is 1.85. The third kappa shape index (κ3) is 7.77. The highest BCUT2D eigenvalue weighted by molar-refractivity contribution is 5.86. The minimum Gasteiger partial charge on any atom is -0.486 e. The Bertz CT molecular complexity index is 801. The largest absolute Gasteiger partial charge is 0.486 e. The lowest BCUT2D eigenvalue weighted by Crippen LogP contribution is -2.46. The molecular weight excluding hydrogens is 373 g/mol. The number of halogens is 1. The summed E-state index contributed by atoms with van der Waals surface area (Å²) in [7, 11) is 3.38. The number of benzene rings is 1. The van der Waals surface area contributed by atoms with Gasteiger partial charge in [-0.1, -0.05) is 18.2 Å². The van der Waals surface area contributed by atoms with Crippen LogP contribution in [0.2, 0.25) is 0 Å². The summed E-state index contributed by atoms with van der Waals surface area (Å²) < 4.78 is 19.2. The molecule has 1 amide bonds. The molecule has 1 unspecified atom stereocenters. The number of carbonyl (C=O) groups is 1. The molecule has 156 valence electrons. The minimum absolute atomic E-state index is 0.0560. The Kier molecular flexibility index (Phi) is 8.88. The number of carbonyl (C=O) groups excluding carboxylic acids is 1. The van der Waals surface area contributed by atoms with Crippen molar-refractivity contribution in [3.05, 3.63) is 60.2 Å². The maximum atomic E-state index is 13.6. The summed E-state index contributed by atoms with van der Waals surface area (Å²) in [6, 6.07) is 12.0. The summed E-state index contributed by atoms with van der Waals surface area (Å²) in [6.07, 6.45) is 2.15. The van der Waals surface area contributed by atoms with Crippen molar-refractivity contribution in [2.45, 2.75) is 19.4 Å². The molecule has 0 aliphatic heterocycles. The number of nitrogens with zero attached hydrogens (tertiary/aromatic N) is 3. The number of ether oxygens (including phenoxy) is 1. The van der Waals surface area contributed by atoms with Gasteiger partial charge in [-0.15, -0.1) is 0 Å². The van der Waals surface area contributed by atoms with Gasteiger partial charge in [-0.05, 0) is 31.2 Å². The average molecular weight is 401 g/mol. The van der Waals surface area contributed by atoms with Crippen LogP contribution in [0.4, 0.5) is 4.39 Å². The van der Waals surface area contributed by atoms with Crippen molar-refractivity contribution in [1.82, 2.24) is 20.5 Å². The molecule has 1 aromatic carbocycles. The first-order valence-corrected chi connectivity index (χ1v) is 9.49. The molecule has 0 saturated heterocycles. The zero-order valence-corrected chi connectivity index (χ0v) is 17.1. The van der Waals surface area contributed by atoms with E-state index >= 15 is 0 Å². The summed E-state index contributed by atoms with van der Waals surface area (Å²) >= 11 is 0. The van der Waals surface area contributed by atoms with E-state index in [9.17, 15) is 9.18 Å². The third-order valence-electron chi connectivity index (χ3n) is 4.21. The Balaban J connectivity index is 1.70. The second kappa shape index (κ2) is 11.6. The van der Waals surface area contributed by atoms with Crippen molar-refractivity contribution in [3.8, 4) is 5.75 Å². The van der Waals surface area contributed by atoms with Gasteiger partial charge in [-0.25, -0.2) is 4.39 Å². The van der Waals surface area contributed by atoms with Gasteiger partial charge in [0.15, 0.2) is 17.5 Å². The van der Waals surface area contributed by atoms with Crippen LogP contribution in [0.5, 0.6) is 5.75 Å². The summed E-state index contributed by atoms with van der Waals surface area (Å²) in [4.78, 5) is 22.3. The topological polar surface area (TPSA) is 78.9 Å². The molecular formula is C21H28FN5O2. The van der Waals surface area contributed by atoms with Gasteiger partial charge in [0, 0.05) is 39.0 Å². The lowest BCUT2D eigenvalue weighted by molar-refractivity contribution is -0.128. The number of hydrogen-bond acceptors (Lipinski definition) is 4. The molecule has 0 bridgehead atoms. The number of guanidine groups is 1. The van der Waals surface area contributed by atoms with E-state index in [0.717, 1.165) is 5.69 Å². The standard InChI is InChI=1S/C21H28FN5O2/c1-16(29-19-10-5-4-9-18(19)22)14-25-21(23-2)26-15-20(28)27(3)13-11-17-8-6-7-12-24-17/h4-10,12,16H,11,13-15H2,1-3H3,(H2,23,25,26). The lowest BCUT2D eigenvalue weighted by Gasteiger charge is -2.20. The number of hydrogen-bond donors (Lipinski definition) is 2. The normalized spacial score (nSPS) is 12.2. The quantitative estimate of drug-likeness (QED) is 0.495. The van der Waals surface area contributed by atoms with Crippen LogP contribution in [-0.2, 0) is 11.2 Å². The number of pyridine rings is 1. The SMILES string of the molecule is CN=C(NCC(=O)N(C)CCc1ccccn1)NCC(C)Oc1ccccc1F. The van der Waals surface area contributed by atoms with E-state index in [1.165, 1.54) is 6.07 Å². The molecule has 0 spiro atoms. The first-order valence-electron chi connectivity index (χ1n) is 9.49. The summed E-state index contributed by atoms with van der Waals surface area (Å²) in [5.74, 6) is 0.218. The molecule has 2 rings (SSSR count).